The summed E-state index contributed by atoms with van der Waals surface area (Å²) in [5.41, 5.74) is 5.46. The number of likely N-dealkylation sites (N-methyl/N-ethyl adjacent to an activating group) is 1. The zero-order valence-electron chi connectivity index (χ0n) is 9.00. The molecular formula is C9H16ClN5. The van der Waals surface area contributed by atoms with Crippen molar-refractivity contribution in [3.8, 4) is 0 Å². The Bertz CT molecular complexity index is 297. The van der Waals surface area contributed by atoms with E-state index in [0.717, 1.165) is 19.6 Å². The third-order valence-electron chi connectivity index (χ3n) is 2.05. The molecule has 0 radical (unpaired) electrons. The lowest BCUT2D eigenvalue weighted by Gasteiger charge is -2.14. The molecule has 1 rings (SSSR count). The van der Waals surface area contributed by atoms with Crippen molar-refractivity contribution in [3.63, 3.8) is 0 Å². The van der Waals surface area contributed by atoms with Crippen molar-refractivity contribution in [3.05, 3.63) is 11.2 Å². The molecule has 0 aliphatic heterocycles. The molecule has 5 nitrogen and oxygen atoms in total. The summed E-state index contributed by atoms with van der Waals surface area (Å²) in [6.07, 6.45) is 0. The summed E-state index contributed by atoms with van der Waals surface area (Å²) in [6, 6.07) is 1.66. The van der Waals surface area contributed by atoms with Gasteiger partial charge in [-0.1, -0.05) is 18.5 Å². The van der Waals surface area contributed by atoms with Gasteiger partial charge >= 0.3 is 0 Å². The highest BCUT2D eigenvalue weighted by Crippen LogP contribution is 2.11. The van der Waals surface area contributed by atoms with Gasteiger partial charge in [0, 0.05) is 19.2 Å². The molecule has 6 heteroatoms. The molecule has 0 amide bonds. The average molecular weight is 230 g/mol. The van der Waals surface area contributed by atoms with Gasteiger partial charge < -0.3 is 16.0 Å². The average Bonchev–Trinajstić information content (AvgIpc) is 2.16. The number of rotatable bonds is 5. The standard InChI is InChI=1S/C9H16ClN5/c1-3-15(2)5-4-12-8-6-7(10)13-9(11)14-8/h6H,3-5H2,1-2H3,(H3,11,12,13,14). The molecule has 1 aromatic heterocycles. The molecule has 0 fully saturated rings. The Kier molecular flexibility index (Phi) is 4.58. The number of halogens is 1. The summed E-state index contributed by atoms with van der Waals surface area (Å²) < 4.78 is 0. The topological polar surface area (TPSA) is 67.1 Å². The predicted octanol–water partition coefficient (Wildman–Crippen LogP) is 1.08. The summed E-state index contributed by atoms with van der Waals surface area (Å²) in [4.78, 5) is 9.98. The molecule has 0 atom stereocenters. The molecule has 3 N–H and O–H groups in total. The predicted molar refractivity (Wildman–Crippen MR) is 63.1 cm³/mol. The fraction of sp³-hybridized carbons (Fsp3) is 0.556. The molecular weight excluding hydrogens is 214 g/mol. The van der Waals surface area contributed by atoms with Crippen LogP contribution in [-0.4, -0.2) is 41.5 Å². The number of nitrogens with one attached hydrogen (secondary N) is 1. The van der Waals surface area contributed by atoms with Crippen LogP contribution in [0.15, 0.2) is 6.07 Å². The van der Waals surface area contributed by atoms with Crippen LogP contribution in [0, 0.1) is 0 Å². The van der Waals surface area contributed by atoms with Crippen molar-refractivity contribution in [1.29, 1.82) is 0 Å². The van der Waals surface area contributed by atoms with E-state index in [1.807, 2.05) is 0 Å². The Labute approximate surface area is 94.6 Å². The first-order chi connectivity index (χ1) is 7.11. The molecule has 0 saturated heterocycles. The van der Waals surface area contributed by atoms with Gasteiger partial charge in [0.15, 0.2) is 0 Å². The smallest absolute Gasteiger partial charge is 0.223 e. The van der Waals surface area contributed by atoms with E-state index >= 15 is 0 Å². The van der Waals surface area contributed by atoms with Crippen molar-refractivity contribution < 1.29 is 0 Å². The molecule has 15 heavy (non-hydrogen) atoms. The normalized spacial score (nSPS) is 10.7. The molecule has 0 aliphatic rings. The summed E-state index contributed by atoms with van der Waals surface area (Å²) in [5, 5.41) is 3.49. The number of nitrogen functional groups attached to an aromatic ring is 1. The van der Waals surface area contributed by atoms with Crippen LogP contribution in [0.3, 0.4) is 0 Å². The Morgan fingerprint density at radius 3 is 2.87 bits per heavy atom. The first-order valence-corrected chi connectivity index (χ1v) is 5.22. The van der Waals surface area contributed by atoms with Crippen LogP contribution in [0.5, 0.6) is 0 Å². The van der Waals surface area contributed by atoms with E-state index in [1.54, 1.807) is 6.07 Å². The Morgan fingerprint density at radius 1 is 1.53 bits per heavy atom. The van der Waals surface area contributed by atoms with E-state index in [-0.39, 0.29) is 5.95 Å². The van der Waals surface area contributed by atoms with E-state index in [9.17, 15) is 0 Å². The van der Waals surface area contributed by atoms with Gasteiger partial charge in [-0.25, -0.2) is 4.98 Å². The molecule has 0 aliphatic carbocycles. The zero-order chi connectivity index (χ0) is 11.3. The summed E-state index contributed by atoms with van der Waals surface area (Å²) in [7, 11) is 2.06. The molecule has 0 unspecified atom stereocenters. The fourth-order valence-corrected chi connectivity index (χ4v) is 1.25. The van der Waals surface area contributed by atoms with E-state index in [4.69, 9.17) is 17.3 Å². The molecule has 1 aromatic rings. The summed E-state index contributed by atoms with van der Waals surface area (Å²) in [6.45, 7) is 4.88. The lowest BCUT2D eigenvalue weighted by molar-refractivity contribution is 0.367. The van der Waals surface area contributed by atoms with Crippen molar-refractivity contribution in [1.82, 2.24) is 14.9 Å². The summed E-state index contributed by atoms with van der Waals surface area (Å²) >= 11 is 5.74. The molecule has 0 aromatic carbocycles. The number of anilines is 2. The third kappa shape index (κ3) is 4.31. The minimum atomic E-state index is 0.189. The summed E-state index contributed by atoms with van der Waals surface area (Å²) in [5.74, 6) is 0.853. The number of hydrogen-bond acceptors (Lipinski definition) is 5. The lowest BCUT2D eigenvalue weighted by Crippen LogP contribution is -2.25. The van der Waals surface area contributed by atoms with E-state index in [2.05, 4.69) is 34.2 Å². The number of nitrogens with two attached hydrogens (primary N) is 1. The van der Waals surface area contributed by atoms with Gasteiger partial charge in [0.05, 0.1) is 0 Å². The van der Waals surface area contributed by atoms with E-state index in [1.165, 1.54) is 0 Å². The number of aromatic nitrogens is 2. The van der Waals surface area contributed by atoms with Gasteiger partial charge in [-0.05, 0) is 13.6 Å². The van der Waals surface area contributed by atoms with Crippen LogP contribution < -0.4 is 11.1 Å². The monoisotopic (exact) mass is 229 g/mol. The Morgan fingerprint density at radius 2 is 2.27 bits per heavy atom. The molecule has 0 spiro atoms. The van der Waals surface area contributed by atoms with Crippen LogP contribution >= 0.6 is 11.6 Å². The molecule has 0 saturated carbocycles. The second-order valence-electron chi connectivity index (χ2n) is 3.26. The van der Waals surface area contributed by atoms with Crippen LogP contribution in [-0.2, 0) is 0 Å². The van der Waals surface area contributed by atoms with Crippen molar-refractivity contribution >= 4 is 23.4 Å². The van der Waals surface area contributed by atoms with Gasteiger partial charge in [-0.15, -0.1) is 0 Å². The van der Waals surface area contributed by atoms with Crippen molar-refractivity contribution in [2.45, 2.75) is 6.92 Å². The lowest BCUT2D eigenvalue weighted by atomic mass is 10.5. The zero-order valence-corrected chi connectivity index (χ0v) is 9.75. The van der Waals surface area contributed by atoms with Crippen LogP contribution in [0.4, 0.5) is 11.8 Å². The van der Waals surface area contributed by atoms with Crippen LogP contribution in [0.1, 0.15) is 6.92 Å². The largest absolute Gasteiger partial charge is 0.369 e. The number of hydrogen-bond donors (Lipinski definition) is 2. The Balaban J connectivity index is 2.43. The Hall–Kier alpha value is -1.07. The fourth-order valence-electron chi connectivity index (χ4n) is 1.06. The van der Waals surface area contributed by atoms with Gasteiger partial charge in [0.25, 0.3) is 0 Å². The maximum atomic E-state index is 5.74. The minimum Gasteiger partial charge on any atom is -0.369 e. The highest BCUT2D eigenvalue weighted by molar-refractivity contribution is 6.29. The maximum absolute atomic E-state index is 5.74. The first-order valence-electron chi connectivity index (χ1n) is 4.84. The maximum Gasteiger partial charge on any atom is 0.223 e. The van der Waals surface area contributed by atoms with E-state index < -0.39 is 0 Å². The van der Waals surface area contributed by atoms with Crippen molar-refractivity contribution in [2.75, 3.05) is 37.7 Å². The van der Waals surface area contributed by atoms with Gasteiger partial charge in [-0.2, -0.15) is 4.98 Å². The van der Waals surface area contributed by atoms with Gasteiger partial charge in [0.1, 0.15) is 11.0 Å². The SMILES string of the molecule is CCN(C)CCNc1cc(Cl)nc(N)n1. The first kappa shape index (κ1) is 12.0. The van der Waals surface area contributed by atoms with Crippen LogP contribution in [0.25, 0.3) is 0 Å². The number of nitrogens with zero attached hydrogens (tertiary/aromatic N) is 3. The molecule has 0 bridgehead atoms. The highest BCUT2D eigenvalue weighted by Gasteiger charge is 2.00. The third-order valence-corrected chi connectivity index (χ3v) is 2.25. The van der Waals surface area contributed by atoms with Crippen LogP contribution in [0.2, 0.25) is 5.15 Å². The second kappa shape index (κ2) is 5.72. The highest BCUT2D eigenvalue weighted by atomic mass is 35.5. The minimum absolute atomic E-state index is 0.189. The van der Waals surface area contributed by atoms with Gasteiger partial charge in [-0.3, -0.25) is 0 Å². The van der Waals surface area contributed by atoms with E-state index in [0.29, 0.717) is 11.0 Å². The van der Waals surface area contributed by atoms with Crippen molar-refractivity contribution in [2.24, 2.45) is 0 Å². The quantitative estimate of drug-likeness (QED) is 0.740. The van der Waals surface area contributed by atoms with Gasteiger partial charge in [0.2, 0.25) is 5.95 Å². The molecule has 1 heterocycles. The second-order valence-corrected chi connectivity index (χ2v) is 3.64. The molecule has 84 valence electrons.